The number of hydrogen-bond donors (Lipinski definition) is 1. The fraction of sp³-hybridized carbons (Fsp3) is 0.750. The minimum atomic E-state index is -0.688. The fourth-order valence-electron chi connectivity index (χ4n) is 2.68. The Labute approximate surface area is 126 Å². The minimum Gasteiger partial charge on any atom is -0.481 e. The molecule has 0 radical (unpaired) electrons. The SMILES string of the molecule is CC(C)(C)c1cnc(CN2CCC(CCC(=O)O)CC2)o1. The van der Waals surface area contributed by atoms with Gasteiger partial charge in [0.2, 0.25) is 5.89 Å². The molecule has 1 aliphatic rings. The number of carboxylic acids is 1. The summed E-state index contributed by atoms with van der Waals surface area (Å²) < 4.78 is 5.83. The molecule has 0 atom stereocenters. The second-order valence-corrected chi connectivity index (χ2v) is 7.02. The van der Waals surface area contributed by atoms with Crippen molar-refractivity contribution in [3.8, 4) is 0 Å². The number of rotatable bonds is 5. The highest BCUT2D eigenvalue weighted by atomic mass is 16.4. The van der Waals surface area contributed by atoms with E-state index >= 15 is 0 Å². The lowest BCUT2D eigenvalue weighted by Crippen LogP contribution is -2.33. The van der Waals surface area contributed by atoms with Crippen LogP contribution in [0, 0.1) is 5.92 Å². The first-order valence-corrected chi connectivity index (χ1v) is 7.74. The Balaban J connectivity index is 1.78. The zero-order chi connectivity index (χ0) is 15.5. The Morgan fingerprint density at radius 3 is 2.62 bits per heavy atom. The Kier molecular flexibility index (Phi) is 5.04. The number of nitrogens with zero attached hydrogens (tertiary/aromatic N) is 2. The summed E-state index contributed by atoms with van der Waals surface area (Å²) in [6.45, 7) is 9.10. The van der Waals surface area contributed by atoms with E-state index in [1.807, 2.05) is 6.20 Å². The van der Waals surface area contributed by atoms with Gasteiger partial charge in [0.1, 0.15) is 5.76 Å². The third kappa shape index (κ3) is 4.84. The first-order chi connectivity index (χ1) is 9.84. The quantitative estimate of drug-likeness (QED) is 0.904. The number of aromatic nitrogens is 1. The van der Waals surface area contributed by atoms with Gasteiger partial charge < -0.3 is 9.52 Å². The molecule has 1 saturated heterocycles. The van der Waals surface area contributed by atoms with Crippen LogP contribution in [0.4, 0.5) is 0 Å². The number of likely N-dealkylation sites (tertiary alicyclic amines) is 1. The van der Waals surface area contributed by atoms with Gasteiger partial charge in [0, 0.05) is 11.8 Å². The number of carbonyl (C=O) groups is 1. The summed E-state index contributed by atoms with van der Waals surface area (Å²) in [5.74, 6) is 1.57. The molecule has 1 aromatic rings. The van der Waals surface area contributed by atoms with Crippen LogP contribution >= 0.6 is 0 Å². The smallest absolute Gasteiger partial charge is 0.303 e. The van der Waals surface area contributed by atoms with E-state index in [4.69, 9.17) is 9.52 Å². The van der Waals surface area contributed by atoms with Crippen LogP contribution in [0.5, 0.6) is 0 Å². The Hall–Kier alpha value is -1.36. The average Bonchev–Trinajstić information content (AvgIpc) is 2.86. The van der Waals surface area contributed by atoms with E-state index in [0.717, 1.165) is 50.5 Å². The molecular weight excluding hydrogens is 268 g/mol. The minimum absolute atomic E-state index is 0.00489. The Morgan fingerprint density at radius 1 is 1.43 bits per heavy atom. The molecule has 0 aromatic carbocycles. The highest BCUT2D eigenvalue weighted by Gasteiger charge is 2.23. The maximum atomic E-state index is 10.6. The number of hydrogen-bond acceptors (Lipinski definition) is 4. The highest BCUT2D eigenvalue weighted by Crippen LogP contribution is 2.25. The molecule has 1 aliphatic heterocycles. The van der Waals surface area contributed by atoms with Crippen LogP contribution in [0.15, 0.2) is 10.6 Å². The normalized spacial score (nSPS) is 18.0. The average molecular weight is 294 g/mol. The second-order valence-electron chi connectivity index (χ2n) is 7.02. The highest BCUT2D eigenvalue weighted by molar-refractivity contribution is 5.66. The predicted molar refractivity (Wildman–Crippen MR) is 80.1 cm³/mol. The topological polar surface area (TPSA) is 66.6 Å². The lowest BCUT2D eigenvalue weighted by molar-refractivity contribution is -0.137. The largest absolute Gasteiger partial charge is 0.481 e. The lowest BCUT2D eigenvalue weighted by Gasteiger charge is -2.30. The summed E-state index contributed by atoms with van der Waals surface area (Å²) >= 11 is 0. The maximum Gasteiger partial charge on any atom is 0.303 e. The summed E-state index contributed by atoms with van der Waals surface area (Å²) in [5.41, 5.74) is -0.00489. The van der Waals surface area contributed by atoms with Gasteiger partial charge in [0.15, 0.2) is 0 Å². The van der Waals surface area contributed by atoms with Crippen LogP contribution in [-0.4, -0.2) is 34.0 Å². The molecule has 5 heteroatoms. The van der Waals surface area contributed by atoms with E-state index in [1.165, 1.54) is 0 Å². The molecule has 118 valence electrons. The standard InChI is InChI=1S/C16H26N2O3/c1-16(2,3)13-10-17-14(21-13)11-18-8-6-12(7-9-18)4-5-15(19)20/h10,12H,4-9,11H2,1-3H3,(H,19,20). The molecule has 0 bridgehead atoms. The Bertz CT molecular complexity index is 468. The van der Waals surface area contributed by atoms with Crippen LogP contribution in [0.1, 0.15) is 58.1 Å². The van der Waals surface area contributed by atoms with Gasteiger partial charge in [-0.25, -0.2) is 4.98 Å². The van der Waals surface area contributed by atoms with Crippen molar-refractivity contribution in [2.75, 3.05) is 13.1 Å². The molecule has 1 fully saturated rings. The third-order valence-corrected chi connectivity index (χ3v) is 4.13. The molecule has 21 heavy (non-hydrogen) atoms. The Morgan fingerprint density at radius 2 is 2.10 bits per heavy atom. The number of piperidine rings is 1. The molecule has 0 amide bonds. The molecule has 0 aliphatic carbocycles. The van der Waals surface area contributed by atoms with Crippen LogP contribution in [-0.2, 0) is 16.8 Å². The van der Waals surface area contributed by atoms with Crippen molar-refractivity contribution in [3.05, 3.63) is 17.8 Å². The van der Waals surface area contributed by atoms with Gasteiger partial charge >= 0.3 is 5.97 Å². The predicted octanol–water partition coefficient (Wildman–Crippen LogP) is 3.05. The van der Waals surface area contributed by atoms with E-state index in [2.05, 4.69) is 30.7 Å². The van der Waals surface area contributed by atoms with Crippen molar-refractivity contribution >= 4 is 5.97 Å². The summed E-state index contributed by atoms with van der Waals surface area (Å²) in [4.78, 5) is 17.3. The van der Waals surface area contributed by atoms with Crippen LogP contribution < -0.4 is 0 Å². The fourth-order valence-corrected chi connectivity index (χ4v) is 2.68. The van der Waals surface area contributed by atoms with Crippen LogP contribution in [0.3, 0.4) is 0 Å². The first-order valence-electron chi connectivity index (χ1n) is 7.74. The van der Waals surface area contributed by atoms with Crippen molar-refractivity contribution in [3.63, 3.8) is 0 Å². The number of carboxylic acid groups (broad SMARTS) is 1. The third-order valence-electron chi connectivity index (χ3n) is 4.13. The molecule has 0 unspecified atom stereocenters. The van der Waals surface area contributed by atoms with Crippen molar-refractivity contribution in [2.45, 2.75) is 58.4 Å². The summed E-state index contributed by atoms with van der Waals surface area (Å²) in [6, 6.07) is 0. The summed E-state index contributed by atoms with van der Waals surface area (Å²) in [7, 11) is 0. The van der Waals surface area contributed by atoms with E-state index in [-0.39, 0.29) is 5.41 Å². The van der Waals surface area contributed by atoms with Crippen molar-refractivity contribution in [2.24, 2.45) is 5.92 Å². The van der Waals surface area contributed by atoms with Gasteiger partial charge in [0.25, 0.3) is 0 Å². The van der Waals surface area contributed by atoms with E-state index < -0.39 is 5.97 Å². The summed E-state index contributed by atoms with van der Waals surface area (Å²) in [6.07, 6.45) is 5.06. The van der Waals surface area contributed by atoms with E-state index in [9.17, 15) is 4.79 Å². The molecule has 2 heterocycles. The van der Waals surface area contributed by atoms with Crippen molar-refractivity contribution in [1.29, 1.82) is 0 Å². The van der Waals surface area contributed by atoms with Gasteiger partial charge in [-0.15, -0.1) is 0 Å². The van der Waals surface area contributed by atoms with Gasteiger partial charge in [-0.3, -0.25) is 9.69 Å². The zero-order valence-corrected chi connectivity index (χ0v) is 13.3. The lowest BCUT2D eigenvalue weighted by atomic mass is 9.92. The van der Waals surface area contributed by atoms with Crippen molar-refractivity contribution < 1.29 is 14.3 Å². The maximum absolute atomic E-state index is 10.6. The molecule has 1 aromatic heterocycles. The van der Waals surface area contributed by atoms with E-state index in [0.29, 0.717) is 12.3 Å². The first kappa shape index (κ1) is 16.0. The van der Waals surface area contributed by atoms with Gasteiger partial charge in [-0.2, -0.15) is 0 Å². The van der Waals surface area contributed by atoms with E-state index in [1.54, 1.807) is 0 Å². The second kappa shape index (κ2) is 6.60. The molecule has 0 saturated carbocycles. The molecule has 1 N–H and O–H groups in total. The monoisotopic (exact) mass is 294 g/mol. The molecule has 2 rings (SSSR count). The van der Waals surface area contributed by atoms with Gasteiger partial charge in [0.05, 0.1) is 12.7 Å². The number of aliphatic carboxylic acids is 1. The van der Waals surface area contributed by atoms with Crippen LogP contribution in [0.25, 0.3) is 0 Å². The number of oxazole rings is 1. The molecule has 0 spiro atoms. The molecular formula is C16H26N2O3. The van der Waals surface area contributed by atoms with Crippen molar-refractivity contribution in [1.82, 2.24) is 9.88 Å². The van der Waals surface area contributed by atoms with Crippen LogP contribution in [0.2, 0.25) is 0 Å². The zero-order valence-electron chi connectivity index (χ0n) is 13.3. The molecule has 5 nitrogen and oxygen atoms in total. The van der Waals surface area contributed by atoms with Gasteiger partial charge in [-0.05, 0) is 38.3 Å². The van der Waals surface area contributed by atoms with Gasteiger partial charge in [-0.1, -0.05) is 20.8 Å². The summed E-state index contributed by atoms with van der Waals surface area (Å²) in [5, 5.41) is 8.73.